The maximum atomic E-state index is 11.6. The normalized spacial score (nSPS) is 12.5. The summed E-state index contributed by atoms with van der Waals surface area (Å²) in [6.45, 7) is 3.93. The molecule has 3 heteroatoms. The molecule has 0 spiro atoms. The number of carbonyl (C=O) groups is 1. The minimum absolute atomic E-state index is 0.169. The number of phenolic OH excluding ortho intramolecular Hbond substituents is 1. The Bertz CT molecular complexity index is 327. The second kappa shape index (κ2) is 4.82. The number of benzene rings is 1. The van der Waals surface area contributed by atoms with E-state index in [0.29, 0.717) is 0 Å². The average molecular weight is 208 g/mol. The summed E-state index contributed by atoms with van der Waals surface area (Å²) < 4.78 is 4.76. The molecule has 3 nitrogen and oxygen atoms in total. The molecule has 82 valence electrons. The number of phenols is 1. The van der Waals surface area contributed by atoms with Gasteiger partial charge in [0.1, 0.15) is 5.75 Å². The lowest BCUT2D eigenvalue weighted by Gasteiger charge is -2.18. The zero-order valence-electron chi connectivity index (χ0n) is 9.23. The Hall–Kier alpha value is -1.51. The smallest absolute Gasteiger partial charge is 0.313 e. The molecule has 0 radical (unpaired) electrons. The van der Waals surface area contributed by atoms with Gasteiger partial charge in [-0.3, -0.25) is 4.79 Å². The first-order chi connectivity index (χ1) is 7.06. The van der Waals surface area contributed by atoms with Gasteiger partial charge in [0.15, 0.2) is 0 Å². The molecule has 0 bridgehead atoms. The van der Waals surface area contributed by atoms with Crippen molar-refractivity contribution in [3.63, 3.8) is 0 Å². The largest absolute Gasteiger partial charge is 0.508 e. The first kappa shape index (κ1) is 11.6. The Morgan fingerprint density at radius 3 is 2.20 bits per heavy atom. The zero-order valence-corrected chi connectivity index (χ0v) is 9.23. The topological polar surface area (TPSA) is 46.5 Å². The number of rotatable bonds is 3. The summed E-state index contributed by atoms with van der Waals surface area (Å²) in [5.41, 5.74) is 0.870. The Morgan fingerprint density at radius 2 is 1.80 bits per heavy atom. The van der Waals surface area contributed by atoms with Crippen molar-refractivity contribution in [1.82, 2.24) is 0 Å². The molecule has 1 rings (SSSR count). The summed E-state index contributed by atoms with van der Waals surface area (Å²) in [6.07, 6.45) is 0. The van der Waals surface area contributed by atoms with Crippen LogP contribution in [0.3, 0.4) is 0 Å². The van der Waals surface area contributed by atoms with Gasteiger partial charge >= 0.3 is 5.97 Å². The lowest BCUT2D eigenvalue weighted by molar-refractivity contribution is -0.143. The maximum absolute atomic E-state index is 11.6. The molecule has 0 aliphatic heterocycles. The summed E-state index contributed by atoms with van der Waals surface area (Å²) in [5.74, 6) is -0.139. The molecular formula is C12H16O3. The van der Waals surface area contributed by atoms with Crippen molar-refractivity contribution < 1.29 is 14.6 Å². The first-order valence-electron chi connectivity index (χ1n) is 4.93. The Morgan fingerprint density at radius 1 is 1.27 bits per heavy atom. The number of hydrogen-bond acceptors (Lipinski definition) is 3. The summed E-state index contributed by atoms with van der Waals surface area (Å²) in [4.78, 5) is 11.6. The van der Waals surface area contributed by atoms with Crippen LogP contribution in [0.2, 0.25) is 0 Å². The van der Waals surface area contributed by atoms with Crippen molar-refractivity contribution in [2.75, 3.05) is 7.11 Å². The molecule has 0 aromatic heterocycles. The molecule has 0 saturated carbocycles. The molecular weight excluding hydrogens is 192 g/mol. The number of carbonyl (C=O) groups excluding carboxylic acids is 1. The molecule has 0 saturated heterocycles. The molecule has 0 aliphatic carbocycles. The van der Waals surface area contributed by atoms with E-state index in [1.165, 1.54) is 7.11 Å². The van der Waals surface area contributed by atoms with Crippen LogP contribution in [0.25, 0.3) is 0 Å². The highest BCUT2D eigenvalue weighted by Gasteiger charge is 2.24. The monoisotopic (exact) mass is 208 g/mol. The van der Waals surface area contributed by atoms with Gasteiger partial charge in [0.2, 0.25) is 0 Å². The van der Waals surface area contributed by atoms with Crippen LogP contribution in [0.15, 0.2) is 24.3 Å². The van der Waals surface area contributed by atoms with Gasteiger partial charge in [-0.2, -0.15) is 0 Å². The number of aromatic hydroxyl groups is 1. The van der Waals surface area contributed by atoms with E-state index in [2.05, 4.69) is 0 Å². The SMILES string of the molecule is COC(=O)[C@@H](c1ccc(O)cc1)C(C)C. The van der Waals surface area contributed by atoms with Crippen LogP contribution in [0.1, 0.15) is 25.3 Å². The number of hydrogen-bond donors (Lipinski definition) is 1. The van der Waals surface area contributed by atoms with Crippen LogP contribution in [0.5, 0.6) is 5.75 Å². The van der Waals surface area contributed by atoms with Crippen LogP contribution in [-0.2, 0) is 9.53 Å². The highest BCUT2D eigenvalue weighted by molar-refractivity contribution is 5.78. The lowest BCUT2D eigenvalue weighted by Crippen LogP contribution is -2.19. The van der Waals surface area contributed by atoms with Crippen molar-refractivity contribution in [2.45, 2.75) is 19.8 Å². The summed E-state index contributed by atoms with van der Waals surface area (Å²) in [6, 6.07) is 6.65. The summed E-state index contributed by atoms with van der Waals surface area (Å²) in [7, 11) is 1.39. The van der Waals surface area contributed by atoms with Crippen LogP contribution in [0, 0.1) is 5.92 Å². The second-order valence-electron chi connectivity index (χ2n) is 3.84. The van der Waals surface area contributed by atoms with Gasteiger partial charge in [0.25, 0.3) is 0 Å². The van der Waals surface area contributed by atoms with Gasteiger partial charge in [0.05, 0.1) is 13.0 Å². The summed E-state index contributed by atoms with van der Waals surface area (Å²) in [5, 5.41) is 9.16. The fourth-order valence-electron chi connectivity index (χ4n) is 1.60. The van der Waals surface area contributed by atoms with E-state index in [1.807, 2.05) is 13.8 Å². The van der Waals surface area contributed by atoms with Gasteiger partial charge in [-0.15, -0.1) is 0 Å². The molecule has 0 aliphatic rings. The minimum atomic E-state index is -0.268. The third kappa shape index (κ3) is 2.72. The molecule has 1 atom stereocenters. The average Bonchev–Trinajstić information content (AvgIpc) is 2.20. The van der Waals surface area contributed by atoms with E-state index in [1.54, 1.807) is 24.3 Å². The Balaban J connectivity index is 2.99. The highest BCUT2D eigenvalue weighted by atomic mass is 16.5. The van der Waals surface area contributed by atoms with E-state index in [4.69, 9.17) is 9.84 Å². The fraction of sp³-hybridized carbons (Fsp3) is 0.417. The molecule has 1 aromatic carbocycles. The van der Waals surface area contributed by atoms with Crippen LogP contribution in [0.4, 0.5) is 0 Å². The van der Waals surface area contributed by atoms with E-state index in [9.17, 15) is 4.79 Å². The Kier molecular flexibility index (Phi) is 3.72. The van der Waals surface area contributed by atoms with Crippen molar-refractivity contribution >= 4 is 5.97 Å². The first-order valence-corrected chi connectivity index (χ1v) is 4.93. The van der Waals surface area contributed by atoms with E-state index >= 15 is 0 Å². The van der Waals surface area contributed by atoms with Crippen LogP contribution < -0.4 is 0 Å². The third-order valence-corrected chi connectivity index (χ3v) is 2.37. The molecule has 0 heterocycles. The van der Waals surface area contributed by atoms with Crippen molar-refractivity contribution in [3.8, 4) is 5.75 Å². The van der Waals surface area contributed by atoms with Crippen molar-refractivity contribution in [2.24, 2.45) is 5.92 Å². The molecule has 1 aromatic rings. The predicted octanol–water partition coefficient (Wildman–Crippen LogP) is 2.30. The van der Waals surface area contributed by atoms with E-state index < -0.39 is 0 Å². The van der Waals surface area contributed by atoms with Gasteiger partial charge < -0.3 is 9.84 Å². The maximum Gasteiger partial charge on any atom is 0.313 e. The van der Waals surface area contributed by atoms with Crippen LogP contribution in [-0.4, -0.2) is 18.2 Å². The minimum Gasteiger partial charge on any atom is -0.508 e. The quantitative estimate of drug-likeness (QED) is 0.775. The van der Waals surface area contributed by atoms with E-state index in [-0.39, 0.29) is 23.6 Å². The molecule has 0 unspecified atom stereocenters. The van der Waals surface area contributed by atoms with Gasteiger partial charge in [0, 0.05) is 0 Å². The Labute approximate surface area is 89.7 Å². The summed E-state index contributed by atoms with van der Waals surface area (Å²) >= 11 is 0. The van der Waals surface area contributed by atoms with Crippen molar-refractivity contribution in [3.05, 3.63) is 29.8 Å². The van der Waals surface area contributed by atoms with Gasteiger partial charge in [-0.1, -0.05) is 26.0 Å². The lowest BCUT2D eigenvalue weighted by atomic mass is 9.88. The number of esters is 1. The standard InChI is InChI=1S/C12H16O3/c1-8(2)11(12(14)15-3)9-4-6-10(13)7-5-9/h4-8,11,13H,1-3H3/t11-/m1/s1. The highest BCUT2D eigenvalue weighted by Crippen LogP contribution is 2.26. The zero-order chi connectivity index (χ0) is 11.4. The van der Waals surface area contributed by atoms with Crippen LogP contribution >= 0.6 is 0 Å². The second-order valence-corrected chi connectivity index (χ2v) is 3.84. The molecule has 0 fully saturated rings. The molecule has 15 heavy (non-hydrogen) atoms. The van der Waals surface area contributed by atoms with E-state index in [0.717, 1.165) is 5.56 Å². The number of ether oxygens (including phenoxy) is 1. The molecule has 1 N–H and O–H groups in total. The van der Waals surface area contributed by atoms with Crippen molar-refractivity contribution in [1.29, 1.82) is 0 Å². The predicted molar refractivity (Wildman–Crippen MR) is 57.7 cm³/mol. The molecule has 0 amide bonds. The third-order valence-electron chi connectivity index (χ3n) is 2.37. The number of methoxy groups -OCH3 is 1. The fourth-order valence-corrected chi connectivity index (χ4v) is 1.60. The van der Waals surface area contributed by atoms with Gasteiger partial charge in [-0.25, -0.2) is 0 Å². The van der Waals surface area contributed by atoms with Gasteiger partial charge in [-0.05, 0) is 23.6 Å².